The highest BCUT2D eigenvalue weighted by molar-refractivity contribution is 5.42. The molecule has 0 amide bonds. The predicted molar refractivity (Wildman–Crippen MR) is 49.4 cm³/mol. The normalized spacial score (nSPS) is 17.9. The molecule has 0 aliphatic heterocycles. The van der Waals surface area contributed by atoms with Gasteiger partial charge in [0.05, 0.1) is 17.8 Å². The van der Waals surface area contributed by atoms with Gasteiger partial charge in [0, 0.05) is 0 Å². The zero-order valence-corrected chi connectivity index (χ0v) is 7.92. The summed E-state index contributed by atoms with van der Waals surface area (Å²) >= 11 is 0. The molecule has 2 N–H and O–H groups in total. The van der Waals surface area contributed by atoms with E-state index in [4.69, 9.17) is 5.11 Å². The summed E-state index contributed by atoms with van der Waals surface area (Å²) in [6, 6.07) is 0. The van der Waals surface area contributed by atoms with E-state index in [2.05, 4.69) is 15.3 Å². The monoisotopic (exact) mass is 197 g/mol. The molecule has 76 valence electrons. The van der Waals surface area contributed by atoms with Crippen molar-refractivity contribution in [3.63, 3.8) is 0 Å². The molecule has 1 aromatic heterocycles. The first-order valence-electron chi connectivity index (χ1n) is 4.53. The minimum atomic E-state index is -0.438. The van der Waals surface area contributed by atoms with Gasteiger partial charge >= 0.3 is 0 Å². The standard InChI is InChI=1S/C9H12FN3O/c1-6-7(10)8(12-5-11-6)13-9(4-14)2-3-9/h5,14H,2-4H2,1H3,(H,11,12,13). The van der Waals surface area contributed by atoms with Crippen LogP contribution in [0, 0.1) is 12.7 Å². The zero-order chi connectivity index (χ0) is 10.2. The van der Waals surface area contributed by atoms with Crippen molar-refractivity contribution in [2.75, 3.05) is 11.9 Å². The molecule has 4 nitrogen and oxygen atoms in total. The predicted octanol–water partition coefficient (Wildman–Crippen LogP) is 0.861. The van der Waals surface area contributed by atoms with E-state index in [1.54, 1.807) is 6.92 Å². The van der Waals surface area contributed by atoms with Crippen LogP contribution >= 0.6 is 0 Å². The van der Waals surface area contributed by atoms with Gasteiger partial charge in [-0.05, 0) is 19.8 Å². The van der Waals surface area contributed by atoms with Crippen LogP contribution in [0.4, 0.5) is 10.2 Å². The number of nitrogens with one attached hydrogen (secondary N) is 1. The Bertz CT molecular complexity index is 352. The Labute approximate surface area is 81.2 Å². The van der Waals surface area contributed by atoms with Crippen molar-refractivity contribution in [1.82, 2.24) is 9.97 Å². The Balaban J connectivity index is 2.21. The first-order valence-corrected chi connectivity index (χ1v) is 4.53. The number of rotatable bonds is 3. The number of aliphatic hydroxyl groups excluding tert-OH is 1. The third-order valence-corrected chi connectivity index (χ3v) is 2.50. The molecule has 14 heavy (non-hydrogen) atoms. The van der Waals surface area contributed by atoms with Crippen molar-refractivity contribution in [3.8, 4) is 0 Å². The average Bonchev–Trinajstić information content (AvgIpc) is 2.94. The number of hydrogen-bond donors (Lipinski definition) is 2. The largest absolute Gasteiger partial charge is 0.394 e. The van der Waals surface area contributed by atoms with Crippen LogP contribution in [0.1, 0.15) is 18.5 Å². The molecule has 0 unspecified atom stereocenters. The highest BCUT2D eigenvalue weighted by Crippen LogP contribution is 2.38. The summed E-state index contributed by atoms with van der Waals surface area (Å²) in [5.41, 5.74) is -0.0296. The van der Waals surface area contributed by atoms with Crippen LogP contribution in [0.2, 0.25) is 0 Å². The Morgan fingerprint density at radius 3 is 2.86 bits per heavy atom. The van der Waals surface area contributed by atoms with E-state index < -0.39 is 5.82 Å². The molecule has 1 heterocycles. The van der Waals surface area contributed by atoms with E-state index in [1.807, 2.05) is 0 Å². The Morgan fingerprint density at radius 1 is 1.57 bits per heavy atom. The van der Waals surface area contributed by atoms with Gasteiger partial charge in [0.15, 0.2) is 11.6 Å². The maximum atomic E-state index is 13.4. The fourth-order valence-electron chi connectivity index (χ4n) is 1.27. The maximum Gasteiger partial charge on any atom is 0.186 e. The zero-order valence-electron chi connectivity index (χ0n) is 7.92. The molecular formula is C9H12FN3O. The van der Waals surface area contributed by atoms with E-state index in [0.717, 1.165) is 12.8 Å². The number of halogens is 1. The van der Waals surface area contributed by atoms with Gasteiger partial charge in [0.2, 0.25) is 0 Å². The summed E-state index contributed by atoms with van der Waals surface area (Å²) < 4.78 is 13.4. The molecule has 0 aromatic carbocycles. The van der Waals surface area contributed by atoms with Gasteiger partial charge in [-0.2, -0.15) is 0 Å². The van der Waals surface area contributed by atoms with Crippen LogP contribution in [0.25, 0.3) is 0 Å². The summed E-state index contributed by atoms with van der Waals surface area (Å²) in [5, 5.41) is 12.0. The molecule has 2 rings (SSSR count). The smallest absolute Gasteiger partial charge is 0.186 e. The highest BCUT2D eigenvalue weighted by atomic mass is 19.1. The average molecular weight is 197 g/mol. The van der Waals surface area contributed by atoms with Gasteiger partial charge in [0.1, 0.15) is 6.33 Å². The van der Waals surface area contributed by atoms with Crippen molar-refractivity contribution < 1.29 is 9.50 Å². The number of hydrogen-bond acceptors (Lipinski definition) is 4. The lowest BCUT2D eigenvalue weighted by Crippen LogP contribution is -2.27. The molecule has 0 spiro atoms. The molecule has 0 saturated heterocycles. The van der Waals surface area contributed by atoms with Gasteiger partial charge < -0.3 is 10.4 Å². The van der Waals surface area contributed by atoms with Crippen LogP contribution in [-0.4, -0.2) is 27.2 Å². The summed E-state index contributed by atoms with van der Waals surface area (Å²) in [5.74, 6) is -0.253. The van der Waals surface area contributed by atoms with Gasteiger partial charge in [0.25, 0.3) is 0 Å². The van der Waals surface area contributed by atoms with Crippen molar-refractivity contribution in [1.29, 1.82) is 0 Å². The second kappa shape index (κ2) is 3.16. The van der Waals surface area contributed by atoms with Crippen molar-refractivity contribution in [2.24, 2.45) is 0 Å². The lowest BCUT2D eigenvalue weighted by molar-refractivity contribution is 0.265. The molecule has 0 atom stereocenters. The fourth-order valence-corrected chi connectivity index (χ4v) is 1.27. The maximum absolute atomic E-state index is 13.4. The molecular weight excluding hydrogens is 185 g/mol. The van der Waals surface area contributed by atoms with E-state index in [0.29, 0.717) is 5.69 Å². The van der Waals surface area contributed by atoms with Crippen LogP contribution in [0.5, 0.6) is 0 Å². The molecule has 1 fully saturated rings. The summed E-state index contributed by atoms with van der Waals surface area (Å²) in [6.07, 6.45) is 3.02. The quantitative estimate of drug-likeness (QED) is 0.754. The number of aliphatic hydroxyl groups is 1. The topological polar surface area (TPSA) is 58.0 Å². The Morgan fingerprint density at radius 2 is 2.29 bits per heavy atom. The van der Waals surface area contributed by atoms with Crippen molar-refractivity contribution in [3.05, 3.63) is 17.8 Å². The lowest BCUT2D eigenvalue weighted by Gasteiger charge is -2.15. The minimum absolute atomic E-state index is 0.00942. The summed E-state index contributed by atoms with van der Waals surface area (Å²) in [6.45, 7) is 1.59. The lowest BCUT2D eigenvalue weighted by atomic mass is 10.3. The number of aromatic nitrogens is 2. The van der Waals surface area contributed by atoms with Crippen LogP contribution in [0.15, 0.2) is 6.33 Å². The second-order valence-electron chi connectivity index (χ2n) is 3.69. The SMILES string of the molecule is Cc1ncnc(NC2(CO)CC2)c1F. The Kier molecular flexibility index (Phi) is 2.11. The van der Waals surface area contributed by atoms with E-state index in [-0.39, 0.29) is 18.0 Å². The van der Waals surface area contributed by atoms with Gasteiger partial charge in [-0.3, -0.25) is 0 Å². The van der Waals surface area contributed by atoms with Crippen LogP contribution in [-0.2, 0) is 0 Å². The summed E-state index contributed by atoms with van der Waals surface area (Å²) in [7, 11) is 0. The third kappa shape index (κ3) is 1.55. The molecule has 0 radical (unpaired) electrons. The Hall–Kier alpha value is -1.23. The first-order chi connectivity index (χ1) is 6.67. The van der Waals surface area contributed by atoms with Gasteiger partial charge in [-0.25, -0.2) is 14.4 Å². The fraction of sp³-hybridized carbons (Fsp3) is 0.556. The molecule has 1 aromatic rings. The third-order valence-electron chi connectivity index (χ3n) is 2.50. The minimum Gasteiger partial charge on any atom is -0.394 e. The summed E-state index contributed by atoms with van der Waals surface area (Å²) in [4.78, 5) is 7.53. The van der Waals surface area contributed by atoms with Crippen molar-refractivity contribution in [2.45, 2.75) is 25.3 Å². The second-order valence-corrected chi connectivity index (χ2v) is 3.69. The molecule has 1 aliphatic carbocycles. The van der Waals surface area contributed by atoms with Gasteiger partial charge in [-0.1, -0.05) is 0 Å². The van der Waals surface area contributed by atoms with E-state index in [1.165, 1.54) is 6.33 Å². The number of aryl methyl sites for hydroxylation is 1. The van der Waals surface area contributed by atoms with E-state index >= 15 is 0 Å². The molecule has 1 aliphatic rings. The molecule has 5 heteroatoms. The molecule has 0 bridgehead atoms. The van der Waals surface area contributed by atoms with Crippen LogP contribution < -0.4 is 5.32 Å². The molecule has 1 saturated carbocycles. The van der Waals surface area contributed by atoms with Crippen LogP contribution in [0.3, 0.4) is 0 Å². The first kappa shape index (κ1) is 9.33. The highest BCUT2D eigenvalue weighted by Gasteiger charge is 2.42. The number of anilines is 1. The number of nitrogens with zero attached hydrogens (tertiary/aromatic N) is 2. The van der Waals surface area contributed by atoms with Gasteiger partial charge in [-0.15, -0.1) is 0 Å². The van der Waals surface area contributed by atoms with E-state index in [9.17, 15) is 4.39 Å². The van der Waals surface area contributed by atoms with Crippen molar-refractivity contribution >= 4 is 5.82 Å².